The Morgan fingerprint density at radius 1 is 1.44 bits per heavy atom. The number of aromatic nitrogens is 1. The Hall–Kier alpha value is -1.30. The third-order valence-corrected chi connectivity index (χ3v) is 4.47. The maximum Gasteiger partial charge on any atom is 0.255 e. The molecule has 0 unspecified atom stereocenters. The zero-order valence-electron chi connectivity index (χ0n) is 10.6. The molecule has 0 saturated heterocycles. The maximum atomic E-state index is 11.3. The van der Waals surface area contributed by atoms with Gasteiger partial charge in [0.1, 0.15) is 10.6 Å². The van der Waals surface area contributed by atoms with E-state index in [9.17, 15) is 4.79 Å². The molecule has 0 aromatic carbocycles. The van der Waals surface area contributed by atoms with Crippen LogP contribution in [-0.4, -0.2) is 16.8 Å². The topological polar surface area (TPSA) is 94.0 Å². The average molecular weight is 268 g/mol. The van der Waals surface area contributed by atoms with Crippen molar-refractivity contribution in [3.63, 3.8) is 0 Å². The molecular formula is C12H20N4OS. The first-order valence-corrected chi connectivity index (χ1v) is 7.14. The van der Waals surface area contributed by atoms with Gasteiger partial charge < -0.3 is 16.8 Å². The van der Waals surface area contributed by atoms with Crippen LogP contribution in [-0.2, 0) is 0 Å². The summed E-state index contributed by atoms with van der Waals surface area (Å²) in [6.45, 7) is 3.17. The van der Waals surface area contributed by atoms with Crippen LogP contribution >= 0.6 is 11.5 Å². The molecule has 1 aliphatic rings. The summed E-state index contributed by atoms with van der Waals surface area (Å²) >= 11 is 1.21. The lowest BCUT2D eigenvalue weighted by molar-refractivity contribution is 0.100. The summed E-state index contributed by atoms with van der Waals surface area (Å²) in [6, 6.07) is 0. The first-order valence-electron chi connectivity index (χ1n) is 6.36. The molecule has 5 N–H and O–H groups in total. The van der Waals surface area contributed by atoms with E-state index in [4.69, 9.17) is 11.5 Å². The lowest BCUT2D eigenvalue weighted by Gasteiger charge is -2.26. The van der Waals surface area contributed by atoms with Crippen molar-refractivity contribution in [1.82, 2.24) is 4.37 Å². The molecule has 1 aliphatic carbocycles. The van der Waals surface area contributed by atoms with Gasteiger partial charge in [0.05, 0.1) is 0 Å². The molecule has 2 rings (SSSR count). The highest BCUT2D eigenvalue weighted by molar-refractivity contribution is 7.11. The van der Waals surface area contributed by atoms with Crippen LogP contribution in [0.3, 0.4) is 0 Å². The van der Waals surface area contributed by atoms with Gasteiger partial charge in [0.25, 0.3) is 5.91 Å². The molecule has 1 aromatic rings. The summed E-state index contributed by atoms with van der Waals surface area (Å²) in [5.74, 6) is 1.24. The van der Waals surface area contributed by atoms with Gasteiger partial charge in [-0.15, -0.1) is 0 Å². The van der Waals surface area contributed by atoms with Crippen LogP contribution in [0.5, 0.6) is 0 Å². The van der Waals surface area contributed by atoms with E-state index in [0.29, 0.717) is 16.5 Å². The highest BCUT2D eigenvalue weighted by atomic mass is 32.1. The van der Waals surface area contributed by atoms with Crippen LogP contribution in [0.15, 0.2) is 0 Å². The van der Waals surface area contributed by atoms with Crippen LogP contribution in [0.2, 0.25) is 0 Å². The third kappa shape index (κ3) is 2.93. The maximum absolute atomic E-state index is 11.3. The second-order valence-corrected chi connectivity index (χ2v) is 5.92. The zero-order valence-corrected chi connectivity index (χ0v) is 11.4. The van der Waals surface area contributed by atoms with Gasteiger partial charge in [0.2, 0.25) is 0 Å². The Labute approximate surface area is 111 Å². The molecule has 1 amide bonds. The van der Waals surface area contributed by atoms with Gasteiger partial charge in [0.15, 0.2) is 5.82 Å². The van der Waals surface area contributed by atoms with E-state index >= 15 is 0 Å². The number of primary amides is 1. The molecule has 0 radical (unpaired) electrons. The van der Waals surface area contributed by atoms with Gasteiger partial charge in [-0.1, -0.05) is 19.8 Å². The number of hydrogen-bond donors (Lipinski definition) is 3. The van der Waals surface area contributed by atoms with Gasteiger partial charge in [-0.3, -0.25) is 4.79 Å². The van der Waals surface area contributed by atoms with Gasteiger partial charge >= 0.3 is 0 Å². The number of nitrogens with zero attached hydrogens (tertiary/aromatic N) is 1. The molecule has 1 aromatic heterocycles. The molecule has 0 atom stereocenters. The SMILES string of the molecule is CC1CCC(CNc2snc(N)c2C(N)=O)CC1. The lowest BCUT2D eigenvalue weighted by Crippen LogP contribution is -2.21. The first-order chi connectivity index (χ1) is 8.58. The van der Waals surface area contributed by atoms with Gasteiger partial charge in [0, 0.05) is 6.54 Å². The summed E-state index contributed by atoms with van der Waals surface area (Å²) in [7, 11) is 0. The molecule has 100 valence electrons. The summed E-state index contributed by atoms with van der Waals surface area (Å²) < 4.78 is 3.97. The van der Waals surface area contributed by atoms with Crippen LogP contribution in [0.4, 0.5) is 10.8 Å². The summed E-state index contributed by atoms with van der Waals surface area (Å²) in [5.41, 5.74) is 11.3. The quantitative estimate of drug-likeness (QED) is 0.779. The summed E-state index contributed by atoms with van der Waals surface area (Å²) in [4.78, 5) is 11.3. The minimum Gasteiger partial charge on any atom is -0.382 e. The average Bonchev–Trinajstić information content (AvgIpc) is 2.70. The number of rotatable bonds is 4. The van der Waals surface area contributed by atoms with Crippen LogP contribution < -0.4 is 16.8 Å². The predicted octanol–water partition coefficient (Wildman–Crippen LogP) is 2.06. The number of nitrogens with two attached hydrogens (primary N) is 2. The fourth-order valence-corrected chi connectivity index (χ4v) is 3.16. The molecule has 5 nitrogen and oxygen atoms in total. The monoisotopic (exact) mass is 268 g/mol. The minimum absolute atomic E-state index is 0.229. The van der Waals surface area contributed by atoms with E-state index in [1.165, 1.54) is 37.2 Å². The van der Waals surface area contributed by atoms with Crippen LogP contribution in [0, 0.1) is 11.8 Å². The normalized spacial score (nSPS) is 23.8. The number of carbonyl (C=O) groups is 1. The second-order valence-electron chi connectivity index (χ2n) is 5.14. The van der Waals surface area contributed by atoms with Crippen LogP contribution in [0.25, 0.3) is 0 Å². The fourth-order valence-electron chi connectivity index (χ4n) is 2.43. The minimum atomic E-state index is -0.513. The smallest absolute Gasteiger partial charge is 0.255 e. The first kappa shape index (κ1) is 13.1. The van der Waals surface area contributed by atoms with Crippen molar-refractivity contribution in [2.24, 2.45) is 17.6 Å². The molecule has 0 bridgehead atoms. The molecule has 6 heteroatoms. The van der Waals surface area contributed by atoms with Crippen molar-refractivity contribution in [3.05, 3.63) is 5.56 Å². The number of amides is 1. The molecule has 0 aliphatic heterocycles. The second kappa shape index (κ2) is 5.56. The summed E-state index contributed by atoms with van der Waals surface area (Å²) in [5, 5.41) is 3.98. The molecule has 1 saturated carbocycles. The van der Waals surface area contributed by atoms with Gasteiger partial charge in [-0.05, 0) is 36.2 Å². The highest BCUT2D eigenvalue weighted by Crippen LogP contribution is 2.30. The number of carbonyl (C=O) groups excluding carboxylic acids is 1. The molecule has 0 spiro atoms. The highest BCUT2D eigenvalue weighted by Gasteiger charge is 2.20. The Bertz CT molecular complexity index is 424. The fraction of sp³-hybridized carbons (Fsp3) is 0.667. The van der Waals surface area contributed by atoms with E-state index in [0.717, 1.165) is 12.5 Å². The van der Waals surface area contributed by atoms with E-state index in [1.807, 2.05) is 0 Å². The number of anilines is 2. The van der Waals surface area contributed by atoms with Gasteiger partial charge in [-0.25, -0.2) is 0 Å². The van der Waals surface area contributed by atoms with Crippen molar-refractivity contribution >= 4 is 28.3 Å². The molecule has 1 heterocycles. The Kier molecular flexibility index (Phi) is 4.06. The van der Waals surface area contributed by atoms with Crippen molar-refractivity contribution in [2.75, 3.05) is 17.6 Å². The van der Waals surface area contributed by atoms with Crippen LogP contribution in [0.1, 0.15) is 43.0 Å². The van der Waals surface area contributed by atoms with E-state index in [-0.39, 0.29) is 5.82 Å². The number of nitrogen functional groups attached to an aromatic ring is 1. The molecule has 1 fully saturated rings. The van der Waals surface area contributed by atoms with Crippen molar-refractivity contribution in [3.8, 4) is 0 Å². The van der Waals surface area contributed by atoms with Crippen molar-refractivity contribution < 1.29 is 4.79 Å². The standard InChI is InChI=1S/C12H20N4OS/c1-7-2-4-8(5-3-7)6-15-12-9(11(14)17)10(13)16-18-12/h7-8,15H,2-6H2,1H3,(H2,13,16)(H2,14,17). The van der Waals surface area contributed by atoms with E-state index < -0.39 is 5.91 Å². The van der Waals surface area contributed by atoms with Crippen molar-refractivity contribution in [1.29, 1.82) is 0 Å². The van der Waals surface area contributed by atoms with E-state index in [1.54, 1.807) is 0 Å². The Balaban J connectivity index is 1.92. The zero-order chi connectivity index (χ0) is 13.1. The molecular weight excluding hydrogens is 248 g/mol. The number of hydrogen-bond acceptors (Lipinski definition) is 5. The predicted molar refractivity (Wildman–Crippen MR) is 74.7 cm³/mol. The lowest BCUT2D eigenvalue weighted by atomic mass is 9.83. The third-order valence-electron chi connectivity index (χ3n) is 3.65. The Morgan fingerprint density at radius 2 is 2.11 bits per heavy atom. The van der Waals surface area contributed by atoms with Crippen molar-refractivity contribution in [2.45, 2.75) is 32.6 Å². The largest absolute Gasteiger partial charge is 0.382 e. The van der Waals surface area contributed by atoms with E-state index in [2.05, 4.69) is 16.6 Å². The summed E-state index contributed by atoms with van der Waals surface area (Å²) in [6.07, 6.45) is 5.07. The molecule has 18 heavy (non-hydrogen) atoms. The number of nitrogens with one attached hydrogen (secondary N) is 1. The Morgan fingerprint density at radius 3 is 2.72 bits per heavy atom. The van der Waals surface area contributed by atoms with Gasteiger partial charge in [-0.2, -0.15) is 4.37 Å².